The van der Waals surface area contributed by atoms with Crippen molar-refractivity contribution in [2.24, 2.45) is 4.99 Å². The van der Waals surface area contributed by atoms with Crippen LogP contribution in [0.2, 0.25) is 5.02 Å². The summed E-state index contributed by atoms with van der Waals surface area (Å²) in [6, 6.07) is 10.7. The highest BCUT2D eigenvalue weighted by Gasteiger charge is 2.06. The van der Waals surface area contributed by atoms with Gasteiger partial charge in [0.1, 0.15) is 0 Å². The van der Waals surface area contributed by atoms with Gasteiger partial charge >= 0.3 is 0 Å². The van der Waals surface area contributed by atoms with Crippen molar-refractivity contribution in [1.29, 1.82) is 0 Å². The number of halogens is 1. The van der Waals surface area contributed by atoms with Crippen LogP contribution >= 0.6 is 22.9 Å². The van der Waals surface area contributed by atoms with E-state index in [4.69, 9.17) is 16.3 Å². The van der Waals surface area contributed by atoms with Crippen molar-refractivity contribution in [2.45, 2.75) is 0 Å². The Morgan fingerprint density at radius 2 is 2.19 bits per heavy atom. The predicted molar refractivity (Wildman–Crippen MR) is 86.5 cm³/mol. The van der Waals surface area contributed by atoms with Crippen molar-refractivity contribution in [3.8, 4) is 11.5 Å². The van der Waals surface area contributed by atoms with Gasteiger partial charge in [-0.05, 0) is 30.3 Å². The molecule has 0 aliphatic rings. The van der Waals surface area contributed by atoms with Crippen molar-refractivity contribution in [3.05, 3.63) is 47.0 Å². The topological polar surface area (TPSA) is 54.7 Å². The predicted octanol–water partition coefficient (Wildman–Crippen LogP) is 4.41. The molecule has 0 aliphatic carbocycles. The van der Waals surface area contributed by atoms with Gasteiger partial charge in [-0.25, -0.2) is 9.98 Å². The molecule has 4 nitrogen and oxygen atoms in total. The molecule has 1 N–H and O–H groups in total. The smallest absolute Gasteiger partial charge is 0.210 e. The molecule has 0 bridgehead atoms. The molecule has 0 atom stereocenters. The van der Waals surface area contributed by atoms with E-state index in [0.29, 0.717) is 21.5 Å². The van der Waals surface area contributed by atoms with E-state index >= 15 is 0 Å². The van der Waals surface area contributed by atoms with Gasteiger partial charge in [0.25, 0.3) is 0 Å². The van der Waals surface area contributed by atoms with Crippen LogP contribution in [-0.4, -0.2) is 23.4 Å². The second kappa shape index (κ2) is 5.71. The van der Waals surface area contributed by atoms with Gasteiger partial charge in [-0.1, -0.05) is 29.0 Å². The van der Waals surface area contributed by atoms with Gasteiger partial charge in [0.05, 0.1) is 17.3 Å². The summed E-state index contributed by atoms with van der Waals surface area (Å²) in [6.45, 7) is 0. The third kappa shape index (κ3) is 2.84. The Kier molecular flexibility index (Phi) is 3.77. The Morgan fingerprint density at radius 1 is 1.33 bits per heavy atom. The number of phenolic OH excluding ortho intramolecular Hbond substituents is 1. The SMILES string of the molecule is COc1cccc(/C=N/c2nc3ccc(Cl)cc3s2)c1O. The zero-order valence-corrected chi connectivity index (χ0v) is 12.6. The molecule has 0 unspecified atom stereocenters. The van der Waals surface area contributed by atoms with Gasteiger partial charge in [-0.3, -0.25) is 0 Å². The minimum absolute atomic E-state index is 0.0629. The third-order valence-corrected chi connectivity index (χ3v) is 4.06. The molecule has 1 heterocycles. The highest BCUT2D eigenvalue weighted by Crippen LogP contribution is 2.31. The van der Waals surface area contributed by atoms with E-state index in [0.717, 1.165) is 10.2 Å². The molecule has 6 heteroatoms. The lowest BCUT2D eigenvalue weighted by molar-refractivity contribution is 0.373. The van der Waals surface area contributed by atoms with Gasteiger partial charge in [0.2, 0.25) is 5.13 Å². The van der Waals surface area contributed by atoms with E-state index in [2.05, 4.69) is 9.98 Å². The second-order valence-corrected chi connectivity index (χ2v) is 5.71. The molecular formula is C15H11ClN2O2S. The first kappa shape index (κ1) is 13.9. The second-order valence-electron chi connectivity index (χ2n) is 4.26. The minimum atomic E-state index is 0.0629. The van der Waals surface area contributed by atoms with E-state index in [1.165, 1.54) is 18.4 Å². The van der Waals surface area contributed by atoms with Gasteiger partial charge in [-0.2, -0.15) is 0 Å². The van der Waals surface area contributed by atoms with Crippen molar-refractivity contribution in [3.63, 3.8) is 0 Å². The lowest BCUT2D eigenvalue weighted by Crippen LogP contribution is -1.87. The van der Waals surface area contributed by atoms with E-state index in [-0.39, 0.29) is 5.75 Å². The third-order valence-electron chi connectivity index (χ3n) is 2.90. The maximum atomic E-state index is 9.99. The zero-order chi connectivity index (χ0) is 14.8. The van der Waals surface area contributed by atoms with Gasteiger partial charge in [0.15, 0.2) is 11.5 Å². The number of aromatic hydroxyl groups is 1. The van der Waals surface area contributed by atoms with Crippen LogP contribution in [0.1, 0.15) is 5.56 Å². The molecular weight excluding hydrogens is 308 g/mol. The van der Waals surface area contributed by atoms with Crippen molar-refractivity contribution < 1.29 is 9.84 Å². The van der Waals surface area contributed by atoms with Crippen LogP contribution in [0.3, 0.4) is 0 Å². The number of hydrogen-bond donors (Lipinski definition) is 1. The van der Waals surface area contributed by atoms with E-state index in [9.17, 15) is 5.11 Å². The summed E-state index contributed by atoms with van der Waals surface area (Å²) in [5.74, 6) is 0.475. The summed E-state index contributed by atoms with van der Waals surface area (Å²) in [6.07, 6.45) is 1.57. The molecule has 3 aromatic rings. The molecule has 0 radical (unpaired) electrons. The molecule has 0 spiro atoms. The fourth-order valence-electron chi connectivity index (χ4n) is 1.87. The summed E-state index contributed by atoms with van der Waals surface area (Å²) >= 11 is 7.39. The van der Waals surface area contributed by atoms with E-state index < -0.39 is 0 Å². The van der Waals surface area contributed by atoms with Gasteiger partial charge in [0, 0.05) is 16.8 Å². The van der Waals surface area contributed by atoms with Gasteiger partial charge in [-0.15, -0.1) is 0 Å². The molecule has 2 aromatic carbocycles. The van der Waals surface area contributed by atoms with E-state index in [1.54, 1.807) is 30.5 Å². The van der Waals surface area contributed by atoms with Crippen LogP contribution in [0, 0.1) is 0 Å². The van der Waals surface area contributed by atoms with Crippen molar-refractivity contribution >= 4 is 44.5 Å². The highest BCUT2D eigenvalue weighted by atomic mass is 35.5. The van der Waals surface area contributed by atoms with Crippen LogP contribution in [0.5, 0.6) is 11.5 Å². The number of aromatic nitrogens is 1. The number of rotatable bonds is 3. The lowest BCUT2D eigenvalue weighted by atomic mass is 10.2. The summed E-state index contributed by atoms with van der Waals surface area (Å²) in [7, 11) is 1.51. The van der Waals surface area contributed by atoms with Crippen molar-refractivity contribution in [1.82, 2.24) is 4.98 Å². The number of para-hydroxylation sites is 1. The Balaban J connectivity index is 1.94. The Bertz CT molecular complexity index is 830. The maximum Gasteiger partial charge on any atom is 0.210 e. The number of fused-ring (bicyclic) bond motifs is 1. The molecule has 0 saturated carbocycles. The highest BCUT2D eigenvalue weighted by molar-refractivity contribution is 7.22. The average Bonchev–Trinajstić information content (AvgIpc) is 2.88. The average molecular weight is 319 g/mol. The van der Waals surface area contributed by atoms with Crippen LogP contribution < -0.4 is 4.74 Å². The minimum Gasteiger partial charge on any atom is -0.504 e. The first-order valence-electron chi connectivity index (χ1n) is 6.13. The summed E-state index contributed by atoms with van der Waals surface area (Å²) in [4.78, 5) is 8.69. The fourth-order valence-corrected chi connectivity index (χ4v) is 2.96. The quantitative estimate of drug-likeness (QED) is 0.727. The van der Waals surface area contributed by atoms with Gasteiger partial charge < -0.3 is 9.84 Å². The van der Waals surface area contributed by atoms with Crippen LogP contribution in [-0.2, 0) is 0 Å². The van der Waals surface area contributed by atoms with Crippen LogP contribution in [0.15, 0.2) is 41.4 Å². The molecule has 0 fully saturated rings. The summed E-state index contributed by atoms with van der Waals surface area (Å²) in [5.41, 5.74) is 1.43. The molecule has 0 aliphatic heterocycles. The van der Waals surface area contributed by atoms with Crippen molar-refractivity contribution in [2.75, 3.05) is 7.11 Å². The number of aliphatic imine (C=N–C) groups is 1. The molecule has 0 saturated heterocycles. The number of nitrogens with zero attached hydrogens (tertiary/aromatic N) is 2. The maximum absolute atomic E-state index is 9.99. The number of phenols is 1. The summed E-state index contributed by atoms with van der Waals surface area (Å²) in [5, 5.41) is 11.3. The molecule has 106 valence electrons. The number of ether oxygens (including phenoxy) is 1. The largest absolute Gasteiger partial charge is 0.504 e. The van der Waals surface area contributed by atoms with E-state index in [1.807, 2.05) is 12.1 Å². The fraction of sp³-hybridized carbons (Fsp3) is 0.0667. The Morgan fingerprint density at radius 3 is 3.00 bits per heavy atom. The first-order valence-corrected chi connectivity index (χ1v) is 7.33. The number of benzene rings is 2. The summed E-state index contributed by atoms with van der Waals surface area (Å²) < 4.78 is 6.04. The number of hydrogen-bond acceptors (Lipinski definition) is 5. The monoisotopic (exact) mass is 318 g/mol. The molecule has 0 amide bonds. The zero-order valence-electron chi connectivity index (χ0n) is 11.1. The first-order chi connectivity index (χ1) is 10.2. The van der Waals surface area contributed by atoms with Crippen LogP contribution in [0.4, 0.5) is 5.13 Å². The van der Waals surface area contributed by atoms with Crippen LogP contribution in [0.25, 0.3) is 10.2 Å². The standard InChI is InChI=1S/C15H11ClN2O2S/c1-20-12-4-2-3-9(14(12)19)8-17-15-18-11-6-5-10(16)7-13(11)21-15/h2-8,19H,1H3/b17-8+. The Labute approximate surface area is 130 Å². The number of thiazole rings is 1. The normalized spacial score (nSPS) is 11.3. The molecule has 3 rings (SSSR count). The Hall–Kier alpha value is -2.11. The molecule has 1 aromatic heterocycles. The lowest BCUT2D eigenvalue weighted by Gasteiger charge is -2.04. The molecule has 21 heavy (non-hydrogen) atoms. The number of methoxy groups -OCH3 is 1.